The van der Waals surface area contributed by atoms with Crippen LogP contribution < -0.4 is 4.74 Å². The lowest BCUT2D eigenvalue weighted by atomic mass is 9.85. The van der Waals surface area contributed by atoms with E-state index in [1.807, 2.05) is 73.6 Å². The minimum atomic E-state index is -0.794. The second-order valence-electron chi connectivity index (χ2n) is 13.0. The number of pyridine rings is 1. The molecule has 0 N–H and O–H groups in total. The van der Waals surface area contributed by atoms with E-state index in [4.69, 9.17) is 4.74 Å². The number of hydrogen-bond acceptors (Lipinski definition) is 5. The Kier molecular flexibility index (Phi) is 19.8. The average molecular weight is 641 g/mol. The Morgan fingerprint density at radius 3 is 1.80 bits per heavy atom. The van der Waals surface area contributed by atoms with Crippen LogP contribution in [0.2, 0.25) is 0 Å². The molecule has 0 saturated heterocycles. The van der Waals surface area contributed by atoms with Gasteiger partial charge in [0.1, 0.15) is 11.6 Å². The molecule has 1 heterocycles. The summed E-state index contributed by atoms with van der Waals surface area (Å²) < 4.78 is 18.4. The van der Waals surface area contributed by atoms with Gasteiger partial charge in [0, 0.05) is 29.9 Å². The third-order valence-corrected chi connectivity index (χ3v) is 7.30. The Bertz CT molecular complexity index is 1340. The Labute approximate surface area is 279 Å². The van der Waals surface area contributed by atoms with Gasteiger partial charge in [-0.2, -0.15) is 0 Å². The van der Waals surface area contributed by atoms with Crippen LogP contribution in [0.4, 0.5) is 4.39 Å². The van der Waals surface area contributed by atoms with Crippen LogP contribution in [0, 0.1) is 25.1 Å². The third-order valence-electron chi connectivity index (χ3n) is 7.30. The Hall–Kier alpha value is -3.61. The predicted molar refractivity (Wildman–Crippen MR) is 192 cm³/mol. The van der Waals surface area contributed by atoms with Crippen LogP contribution in [0.3, 0.4) is 0 Å². The number of nitrogens with zero attached hydrogens (tertiary/aromatic N) is 2. The molecule has 0 bridgehead atoms. The summed E-state index contributed by atoms with van der Waals surface area (Å²) in [5, 5.41) is 0. The number of allylic oxidation sites excluding steroid dienone is 2. The van der Waals surface area contributed by atoms with E-state index in [0.717, 1.165) is 34.3 Å². The molecule has 46 heavy (non-hydrogen) atoms. The lowest BCUT2D eigenvalue weighted by Crippen LogP contribution is -2.53. The number of hydrogen-bond donors (Lipinski definition) is 0. The maximum Gasteiger partial charge on any atom is 0.254 e. The number of ether oxygens (including phenoxy) is 1. The van der Waals surface area contributed by atoms with Crippen molar-refractivity contribution in [3.8, 4) is 17.0 Å². The van der Waals surface area contributed by atoms with Crippen LogP contribution in [-0.2, 0) is 14.4 Å². The summed E-state index contributed by atoms with van der Waals surface area (Å²) in [4.78, 5) is 40.5. The van der Waals surface area contributed by atoms with Crippen molar-refractivity contribution in [2.75, 3.05) is 13.7 Å². The number of ketones is 2. The summed E-state index contributed by atoms with van der Waals surface area (Å²) in [6, 6.07) is 7.11. The van der Waals surface area contributed by atoms with Gasteiger partial charge in [0.2, 0.25) is 5.88 Å². The first-order valence-electron chi connectivity index (χ1n) is 16.0. The lowest BCUT2D eigenvalue weighted by molar-refractivity contribution is -0.140. The molecule has 2 rings (SSSR count). The molecule has 0 unspecified atom stereocenters. The van der Waals surface area contributed by atoms with Gasteiger partial charge in [-0.3, -0.25) is 9.59 Å². The highest BCUT2D eigenvalue weighted by Gasteiger charge is 2.35. The van der Waals surface area contributed by atoms with Gasteiger partial charge in [-0.1, -0.05) is 58.8 Å². The number of aryl methyl sites for hydroxylation is 2. The molecule has 7 heteroatoms. The van der Waals surface area contributed by atoms with E-state index in [9.17, 15) is 18.8 Å². The van der Waals surface area contributed by atoms with E-state index in [2.05, 4.69) is 32.7 Å². The largest absolute Gasteiger partial charge is 0.481 e. The van der Waals surface area contributed by atoms with Crippen LogP contribution in [-0.4, -0.2) is 46.6 Å². The van der Waals surface area contributed by atoms with Crippen molar-refractivity contribution in [2.24, 2.45) is 5.41 Å². The molecule has 0 atom stereocenters. The number of Topliss-reactive ketones (excluding diaryl/α,β-unsaturated/α-hetero) is 2. The molecule has 0 radical (unpaired) electrons. The molecule has 0 fully saturated rings. The molecule has 1 aromatic heterocycles. The highest BCUT2D eigenvalue weighted by molar-refractivity contribution is 6.01. The van der Waals surface area contributed by atoms with Crippen LogP contribution in [0.1, 0.15) is 114 Å². The number of aromatic nitrogens is 1. The number of benzene rings is 1. The minimum absolute atomic E-state index is 0.00364. The van der Waals surface area contributed by atoms with E-state index in [1.54, 1.807) is 44.2 Å². The zero-order valence-corrected chi connectivity index (χ0v) is 31.8. The molecule has 258 valence electrons. The van der Waals surface area contributed by atoms with Gasteiger partial charge in [0.25, 0.3) is 5.91 Å². The molecule has 1 amide bonds. The third kappa shape index (κ3) is 14.7. The topological polar surface area (TPSA) is 76.6 Å². The van der Waals surface area contributed by atoms with Crippen molar-refractivity contribution in [1.29, 1.82) is 0 Å². The highest BCUT2D eigenvalue weighted by Crippen LogP contribution is 2.29. The summed E-state index contributed by atoms with van der Waals surface area (Å²) in [5.74, 6) is 0.512. The maximum atomic E-state index is 13.4. The van der Waals surface area contributed by atoms with E-state index < -0.39 is 5.54 Å². The summed E-state index contributed by atoms with van der Waals surface area (Å²) in [5.41, 5.74) is 5.54. The molecule has 0 aliphatic heterocycles. The molecule has 6 nitrogen and oxygen atoms in total. The van der Waals surface area contributed by atoms with E-state index >= 15 is 0 Å². The van der Waals surface area contributed by atoms with Crippen LogP contribution in [0.5, 0.6) is 5.88 Å². The van der Waals surface area contributed by atoms with Crippen molar-refractivity contribution >= 4 is 17.5 Å². The monoisotopic (exact) mass is 640 g/mol. The number of carbonyl (C=O) groups is 3. The fourth-order valence-electron chi connectivity index (χ4n) is 3.80. The smallest absolute Gasteiger partial charge is 0.254 e. The fraction of sp³-hybridized carbons (Fsp3) is 0.538. The minimum Gasteiger partial charge on any atom is -0.481 e. The first-order chi connectivity index (χ1) is 21.1. The molecule has 1 aromatic carbocycles. The van der Waals surface area contributed by atoms with Gasteiger partial charge in [-0.25, -0.2) is 9.37 Å². The summed E-state index contributed by atoms with van der Waals surface area (Å²) in [7, 11) is 1.58. The Morgan fingerprint density at radius 1 is 0.913 bits per heavy atom. The fourth-order valence-corrected chi connectivity index (χ4v) is 3.80. The van der Waals surface area contributed by atoms with Crippen LogP contribution in [0.15, 0.2) is 53.3 Å². The van der Waals surface area contributed by atoms with Crippen molar-refractivity contribution in [3.05, 3.63) is 70.2 Å². The number of carbonyl (C=O) groups excluding carboxylic acids is 3. The zero-order chi connectivity index (χ0) is 36.6. The molecular formula is C39H61FN2O4. The number of amides is 1. The molecule has 0 spiro atoms. The normalized spacial score (nSPS) is 11.0. The van der Waals surface area contributed by atoms with Gasteiger partial charge < -0.3 is 14.4 Å². The van der Waals surface area contributed by atoms with Crippen molar-refractivity contribution in [3.63, 3.8) is 0 Å². The second kappa shape index (κ2) is 20.5. The van der Waals surface area contributed by atoms with Crippen LogP contribution >= 0.6 is 0 Å². The van der Waals surface area contributed by atoms with E-state index in [-0.39, 0.29) is 28.7 Å². The average Bonchev–Trinajstić information content (AvgIpc) is 2.96. The lowest BCUT2D eigenvalue weighted by Gasteiger charge is -2.37. The Morgan fingerprint density at radius 2 is 1.43 bits per heavy atom. The number of rotatable bonds is 8. The quantitative estimate of drug-likeness (QED) is 0.212. The second-order valence-corrected chi connectivity index (χ2v) is 13.0. The molecular weight excluding hydrogens is 579 g/mol. The van der Waals surface area contributed by atoms with Gasteiger partial charge in [0.05, 0.1) is 12.6 Å². The molecule has 0 saturated carbocycles. The number of methoxy groups -OCH3 is 1. The van der Waals surface area contributed by atoms with Crippen LogP contribution in [0.25, 0.3) is 11.1 Å². The van der Waals surface area contributed by atoms with E-state index in [0.29, 0.717) is 23.6 Å². The highest BCUT2D eigenvalue weighted by atomic mass is 19.1. The molecule has 0 aliphatic carbocycles. The molecule has 2 aromatic rings. The first-order valence-corrected chi connectivity index (χ1v) is 16.0. The van der Waals surface area contributed by atoms with E-state index in [1.165, 1.54) is 13.8 Å². The summed E-state index contributed by atoms with van der Waals surface area (Å²) >= 11 is 0. The van der Waals surface area contributed by atoms with Gasteiger partial charge in [0.15, 0.2) is 5.78 Å². The van der Waals surface area contributed by atoms with Gasteiger partial charge in [-0.05, 0) is 116 Å². The summed E-state index contributed by atoms with van der Waals surface area (Å²) in [6.45, 7) is 30.9. The Balaban J connectivity index is 0. The van der Waals surface area contributed by atoms with Crippen molar-refractivity contribution < 1.29 is 23.5 Å². The van der Waals surface area contributed by atoms with Gasteiger partial charge in [-0.15, -0.1) is 0 Å². The summed E-state index contributed by atoms with van der Waals surface area (Å²) in [6.07, 6.45) is 4.54. The van der Waals surface area contributed by atoms with Crippen molar-refractivity contribution in [1.82, 2.24) is 9.88 Å². The predicted octanol–water partition coefficient (Wildman–Crippen LogP) is 10.1. The number of halogens is 1. The van der Waals surface area contributed by atoms with Crippen molar-refractivity contribution in [2.45, 2.75) is 123 Å². The standard InChI is InChI=1S/C20H35NO2.C14H14FNO.C3H6O.C2H6/c1-11-12-21(20(9,10)16(5)22)18(23)17(14(2)3)13-15(4)19(6,7)8;1-9-7-13(15)10(2)6-12(9)11-4-5-14(17-3)16-8-11;1-3(2)4;1-2/h13H,11-12H2,1-10H3;4-8H,1-3H3;1-2H3;1-2H3/b15-13+;;;. The zero-order valence-electron chi connectivity index (χ0n) is 31.8. The first kappa shape index (κ1) is 44.5. The van der Waals surface area contributed by atoms with Gasteiger partial charge >= 0.3 is 0 Å². The SMILES string of the molecule is CC.CC(C)=O.CCCN(C(=O)C(/C=C(\C)C(C)(C)C)=C(C)C)C(C)(C)C(C)=O.COc1ccc(-c2cc(C)c(F)cc2C)cn1. The molecule has 0 aliphatic rings. The maximum absolute atomic E-state index is 13.4.